The van der Waals surface area contributed by atoms with Gasteiger partial charge >= 0.3 is 0 Å². The van der Waals surface area contributed by atoms with Gasteiger partial charge in [-0.2, -0.15) is 10.1 Å². The summed E-state index contributed by atoms with van der Waals surface area (Å²) in [6.07, 6.45) is 5.41. The molecule has 0 spiro atoms. The van der Waals surface area contributed by atoms with E-state index in [2.05, 4.69) is 35.9 Å². The summed E-state index contributed by atoms with van der Waals surface area (Å²) in [7, 11) is 3.33. The van der Waals surface area contributed by atoms with Gasteiger partial charge in [0.1, 0.15) is 0 Å². The van der Waals surface area contributed by atoms with Gasteiger partial charge in [-0.15, -0.1) is 5.10 Å². The molecule has 3 heterocycles. The Morgan fingerprint density at radius 2 is 2.13 bits per heavy atom. The van der Waals surface area contributed by atoms with Crippen molar-refractivity contribution in [3.63, 3.8) is 0 Å². The number of carbonyl (C=O) groups excluding carboxylic acids is 1. The van der Waals surface area contributed by atoms with E-state index >= 15 is 0 Å². The highest BCUT2D eigenvalue weighted by Crippen LogP contribution is 2.29. The van der Waals surface area contributed by atoms with E-state index in [1.54, 1.807) is 23.1 Å². The first-order valence-corrected chi connectivity index (χ1v) is 9.99. The highest BCUT2D eigenvalue weighted by atomic mass is 16.5. The summed E-state index contributed by atoms with van der Waals surface area (Å²) in [6.45, 7) is 2.03. The number of aromatic amines is 1. The molecule has 31 heavy (non-hydrogen) atoms. The number of aryl methyl sites for hydroxylation is 2. The maximum Gasteiger partial charge on any atom is 0.273 e. The molecule has 0 bridgehead atoms. The summed E-state index contributed by atoms with van der Waals surface area (Å²) in [4.78, 5) is 21.3. The third-order valence-corrected chi connectivity index (χ3v) is 5.36. The summed E-state index contributed by atoms with van der Waals surface area (Å²) < 4.78 is 7.06. The van der Waals surface area contributed by atoms with Gasteiger partial charge in [-0.05, 0) is 43.5 Å². The van der Waals surface area contributed by atoms with Crippen LogP contribution in [0.3, 0.4) is 0 Å². The highest BCUT2D eigenvalue weighted by molar-refractivity contribution is 5.95. The number of amides is 1. The van der Waals surface area contributed by atoms with E-state index < -0.39 is 0 Å². The van der Waals surface area contributed by atoms with Crippen molar-refractivity contribution in [2.75, 3.05) is 12.4 Å². The minimum absolute atomic E-state index is 0.229. The molecule has 3 N–H and O–H groups in total. The number of hydrogen-bond donors (Lipinski definition) is 3. The van der Waals surface area contributed by atoms with E-state index in [-0.39, 0.29) is 17.6 Å². The van der Waals surface area contributed by atoms with Gasteiger partial charge in [0.05, 0.1) is 18.8 Å². The van der Waals surface area contributed by atoms with Crippen LogP contribution in [-0.4, -0.2) is 49.0 Å². The zero-order valence-electron chi connectivity index (χ0n) is 17.4. The number of fused-ring (bicyclic) bond motifs is 1. The number of hydrogen-bond acceptors (Lipinski definition) is 7. The molecule has 10 heteroatoms. The molecule has 1 aromatic carbocycles. The zero-order valence-corrected chi connectivity index (χ0v) is 17.4. The molecule has 1 amide bonds. The van der Waals surface area contributed by atoms with Crippen LogP contribution in [0.1, 0.15) is 28.9 Å². The fourth-order valence-corrected chi connectivity index (χ4v) is 3.40. The molecule has 158 valence electrons. The first-order valence-electron chi connectivity index (χ1n) is 9.99. The Morgan fingerprint density at radius 3 is 2.90 bits per heavy atom. The van der Waals surface area contributed by atoms with E-state index in [1.807, 2.05) is 26.1 Å². The number of pyridine rings is 1. The molecule has 0 saturated heterocycles. The predicted octanol–water partition coefficient (Wildman–Crippen LogP) is 2.71. The van der Waals surface area contributed by atoms with E-state index in [9.17, 15) is 4.79 Å². The highest BCUT2D eigenvalue weighted by Gasteiger charge is 2.26. The van der Waals surface area contributed by atoms with Crippen LogP contribution in [0.15, 0.2) is 30.6 Å². The number of benzene rings is 1. The average molecular weight is 418 g/mol. The van der Waals surface area contributed by atoms with Crippen molar-refractivity contribution in [3.05, 3.63) is 41.9 Å². The molecule has 5 rings (SSSR count). The Morgan fingerprint density at radius 1 is 1.29 bits per heavy atom. The maximum absolute atomic E-state index is 12.4. The number of methoxy groups -OCH3 is 1. The predicted molar refractivity (Wildman–Crippen MR) is 115 cm³/mol. The van der Waals surface area contributed by atoms with Gasteiger partial charge in [0.15, 0.2) is 17.3 Å². The van der Waals surface area contributed by atoms with E-state index in [0.29, 0.717) is 23.1 Å². The molecular weight excluding hydrogens is 396 g/mol. The number of rotatable bonds is 6. The quantitative estimate of drug-likeness (QED) is 0.440. The Kier molecular flexibility index (Phi) is 4.54. The van der Waals surface area contributed by atoms with Crippen LogP contribution in [0, 0.1) is 6.92 Å². The molecule has 1 saturated carbocycles. The second-order valence-electron chi connectivity index (χ2n) is 7.60. The van der Waals surface area contributed by atoms with Gasteiger partial charge in [0.2, 0.25) is 5.95 Å². The lowest BCUT2D eigenvalue weighted by Gasteiger charge is -2.09. The molecule has 4 aromatic rings. The topological polar surface area (TPSA) is 123 Å². The lowest BCUT2D eigenvalue weighted by molar-refractivity contribution is 0.0942. The van der Waals surface area contributed by atoms with Gasteiger partial charge < -0.3 is 15.4 Å². The number of nitrogens with one attached hydrogen (secondary N) is 3. The summed E-state index contributed by atoms with van der Waals surface area (Å²) in [5.74, 6) is 1.22. The molecule has 3 aromatic heterocycles. The monoisotopic (exact) mass is 418 g/mol. The second kappa shape index (κ2) is 7.38. The molecule has 1 aliphatic rings. The smallest absolute Gasteiger partial charge is 0.273 e. The molecule has 0 atom stereocenters. The van der Waals surface area contributed by atoms with Gasteiger partial charge in [0.25, 0.3) is 5.91 Å². The summed E-state index contributed by atoms with van der Waals surface area (Å²) in [5.41, 5.74) is 3.87. The lowest BCUT2D eigenvalue weighted by atomic mass is 10.1. The molecule has 1 fully saturated rings. The van der Waals surface area contributed by atoms with Crippen molar-refractivity contribution in [1.82, 2.24) is 35.3 Å². The first-order chi connectivity index (χ1) is 15.0. The Hall–Kier alpha value is -3.95. The summed E-state index contributed by atoms with van der Waals surface area (Å²) >= 11 is 0. The van der Waals surface area contributed by atoms with Crippen LogP contribution in [0.4, 0.5) is 11.6 Å². The normalized spacial score (nSPS) is 13.4. The zero-order chi connectivity index (χ0) is 21.5. The van der Waals surface area contributed by atoms with Gasteiger partial charge in [-0.1, -0.05) is 0 Å². The van der Waals surface area contributed by atoms with Crippen molar-refractivity contribution in [3.8, 4) is 17.1 Å². The van der Waals surface area contributed by atoms with Crippen LogP contribution in [0.5, 0.6) is 5.75 Å². The standard InChI is InChI=1S/C21H22N8O2/c1-11-14-10-23-27-16(14)7-6-15(11)25-21-26-19(28-29(21)2)12-8-17(31-3)18(22-9-12)20(30)24-13-4-5-13/h6-10,13H,4-5H2,1-3H3,(H,23,27)(H,24,30)(H,25,26,28). The van der Waals surface area contributed by atoms with Crippen LogP contribution < -0.4 is 15.4 Å². The Labute approximate surface area is 178 Å². The molecular formula is C21H22N8O2. The van der Waals surface area contributed by atoms with Crippen LogP contribution in [0.2, 0.25) is 0 Å². The van der Waals surface area contributed by atoms with Crippen molar-refractivity contribution < 1.29 is 9.53 Å². The minimum atomic E-state index is -0.229. The van der Waals surface area contributed by atoms with Crippen molar-refractivity contribution >= 4 is 28.4 Å². The van der Waals surface area contributed by atoms with E-state index in [1.165, 1.54) is 7.11 Å². The van der Waals surface area contributed by atoms with Gasteiger partial charge in [-0.25, -0.2) is 9.67 Å². The number of nitrogens with zero attached hydrogens (tertiary/aromatic N) is 5. The van der Waals surface area contributed by atoms with Crippen molar-refractivity contribution in [1.29, 1.82) is 0 Å². The fourth-order valence-electron chi connectivity index (χ4n) is 3.40. The number of carbonyl (C=O) groups is 1. The molecule has 1 aliphatic carbocycles. The number of ether oxygens (including phenoxy) is 1. The van der Waals surface area contributed by atoms with Crippen LogP contribution in [-0.2, 0) is 7.05 Å². The minimum Gasteiger partial charge on any atom is -0.494 e. The maximum atomic E-state index is 12.4. The number of anilines is 2. The molecule has 0 aliphatic heterocycles. The summed E-state index contributed by atoms with van der Waals surface area (Å²) in [5, 5.41) is 18.9. The average Bonchev–Trinajstić information content (AvgIpc) is 3.31. The van der Waals surface area contributed by atoms with Crippen molar-refractivity contribution in [2.24, 2.45) is 7.05 Å². The molecule has 10 nitrogen and oxygen atoms in total. The van der Waals surface area contributed by atoms with Crippen LogP contribution in [0.25, 0.3) is 22.3 Å². The number of H-pyrrole nitrogens is 1. The Balaban J connectivity index is 1.43. The largest absolute Gasteiger partial charge is 0.494 e. The fraction of sp³-hybridized carbons (Fsp3) is 0.286. The van der Waals surface area contributed by atoms with Crippen LogP contribution >= 0.6 is 0 Å². The van der Waals surface area contributed by atoms with Crippen molar-refractivity contribution in [2.45, 2.75) is 25.8 Å². The lowest BCUT2D eigenvalue weighted by Crippen LogP contribution is -2.26. The summed E-state index contributed by atoms with van der Waals surface area (Å²) in [6, 6.07) is 5.92. The van der Waals surface area contributed by atoms with E-state index in [4.69, 9.17) is 4.74 Å². The second-order valence-corrected chi connectivity index (χ2v) is 7.60. The number of aromatic nitrogens is 6. The molecule has 0 unspecified atom stereocenters. The third-order valence-electron chi connectivity index (χ3n) is 5.36. The first kappa shape index (κ1) is 19.0. The Bertz CT molecular complexity index is 1290. The SMILES string of the molecule is COc1cc(-c2nc(Nc3ccc4[nH]ncc4c3C)n(C)n2)cnc1C(=O)NC1CC1. The van der Waals surface area contributed by atoms with Gasteiger partial charge in [-0.3, -0.25) is 9.89 Å². The van der Waals surface area contributed by atoms with E-state index in [0.717, 1.165) is 35.0 Å². The molecule has 0 radical (unpaired) electrons. The van der Waals surface area contributed by atoms with Gasteiger partial charge in [0, 0.05) is 35.9 Å². The third kappa shape index (κ3) is 3.56.